The van der Waals surface area contributed by atoms with Gasteiger partial charge in [0.15, 0.2) is 0 Å². The Bertz CT molecular complexity index is 444. The summed E-state index contributed by atoms with van der Waals surface area (Å²) in [5, 5.41) is 8.67. The Morgan fingerprint density at radius 3 is 2.58 bits per heavy atom. The van der Waals surface area contributed by atoms with Crippen LogP contribution in [0.15, 0.2) is 23.3 Å². The summed E-state index contributed by atoms with van der Waals surface area (Å²) in [6.45, 7) is 8.55. The summed E-state index contributed by atoms with van der Waals surface area (Å²) in [6.07, 6.45) is 4.32. The molecule has 1 heterocycles. The number of hydrogen-bond acceptors (Lipinski definition) is 5. The maximum absolute atomic E-state index is 8.67. The molecule has 0 spiro atoms. The van der Waals surface area contributed by atoms with Crippen molar-refractivity contribution < 1.29 is 4.74 Å². The fraction of sp³-hybridized carbons (Fsp3) is 0.500. The van der Waals surface area contributed by atoms with Gasteiger partial charge in [-0.1, -0.05) is 6.92 Å². The lowest BCUT2D eigenvalue weighted by Gasteiger charge is -2.19. The molecule has 5 heteroatoms. The van der Waals surface area contributed by atoms with Gasteiger partial charge in [0.25, 0.3) is 0 Å². The second-order valence-electron chi connectivity index (χ2n) is 3.94. The summed E-state index contributed by atoms with van der Waals surface area (Å²) in [4.78, 5) is 10.2. The van der Waals surface area contributed by atoms with Gasteiger partial charge in [0.1, 0.15) is 5.82 Å². The van der Waals surface area contributed by atoms with Gasteiger partial charge in [-0.25, -0.2) is 4.98 Å². The third kappa shape index (κ3) is 4.25. The maximum atomic E-state index is 8.67. The van der Waals surface area contributed by atoms with Crippen molar-refractivity contribution in [3.8, 4) is 6.19 Å². The summed E-state index contributed by atoms with van der Waals surface area (Å²) in [6, 6.07) is 3.80. The molecule has 0 radical (unpaired) electrons. The van der Waals surface area contributed by atoms with E-state index in [-0.39, 0.29) is 0 Å². The van der Waals surface area contributed by atoms with E-state index in [0.717, 1.165) is 30.9 Å². The third-order valence-electron chi connectivity index (χ3n) is 2.68. The summed E-state index contributed by atoms with van der Waals surface area (Å²) >= 11 is 0. The number of nitrogens with zero attached hydrogens (tertiary/aromatic N) is 4. The third-order valence-corrected chi connectivity index (χ3v) is 2.68. The summed E-state index contributed by atoms with van der Waals surface area (Å²) in [7, 11) is 0. The highest BCUT2D eigenvalue weighted by Crippen LogP contribution is 2.12. The average molecular weight is 260 g/mol. The number of hydrogen-bond donors (Lipinski definition) is 0. The predicted octanol–water partition coefficient (Wildman–Crippen LogP) is 2.58. The van der Waals surface area contributed by atoms with E-state index in [1.807, 2.05) is 19.1 Å². The maximum Gasteiger partial charge on any atom is 0.233 e. The number of rotatable bonds is 6. The largest absolute Gasteiger partial charge is 0.477 e. The molecule has 1 aromatic heterocycles. The number of nitriles is 1. The van der Waals surface area contributed by atoms with Crippen LogP contribution in [-0.4, -0.2) is 30.6 Å². The van der Waals surface area contributed by atoms with Gasteiger partial charge in [-0.05, 0) is 32.4 Å². The van der Waals surface area contributed by atoms with E-state index in [0.29, 0.717) is 12.5 Å². The van der Waals surface area contributed by atoms with Crippen LogP contribution in [0.25, 0.3) is 0 Å². The van der Waals surface area contributed by atoms with Crippen molar-refractivity contribution in [1.82, 2.24) is 4.98 Å². The Morgan fingerprint density at radius 1 is 1.37 bits per heavy atom. The van der Waals surface area contributed by atoms with Crippen molar-refractivity contribution in [3.63, 3.8) is 0 Å². The van der Waals surface area contributed by atoms with Gasteiger partial charge < -0.3 is 9.64 Å². The molecule has 5 nitrogen and oxygen atoms in total. The zero-order valence-electron chi connectivity index (χ0n) is 11.8. The van der Waals surface area contributed by atoms with E-state index in [2.05, 4.69) is 28.7 Å². The molecule has 0 bridgehead atoms. The first-order valence-corrected chi connectivity index (χ1v) is 6.57. The lowest BCUT2D eigenvalue weighted by atomic mass is 10.2. The standard InChI is InChI=1S/C14H20N4O/c1-4-9-19-14(17-11-15)12-7-8-13(16-10-12)18(5-2)6-3/h7-8,10H,4-6,9H2,1-3H3/b17-14-. The van der Waals surface area contributed by atoms with Crippen LogP contribution < -0.4 is 4.90 Å². The van der Waals surface area contributed by atoms with Crippen molar-refractivity contribution in [1.29, 1.82) is 5.26 Å². The minimum absolute atomic E-state index is 0.336. The Kier molecular flexibility index (Phi) is 6.37. The van der Waals surface area contributed by atoms with Crippen LogP contribution in [0.2, 0.25) is 0 Å². The molecule has 0 unspecified atom stereocenters. The Morgan fingerprint density at radius 2 is 2.11 bits per heavy atom. The molecular weight excluding hydrogens is 240 g/mol. The molecular formula is C14H20N4O. The van der Waals surface area contributed by atoms with Crippen molar-refractivity contribution >= 4 is 11.7 Å². The highest BCUT2D eigenvalue weighted by molar-refractivity contribution is 5.94. The quantitative estimate of drug-likeness (QED) is 0.448. The number of ether oxygens (including phenoxy) is 1. The van der Waals surface area contributed by atoms with Crippen LogP contribution in [0.1, 0.15) is 32.8 Å². The number of anilines is 1. The van der Waals surface area contributed by atoms with Gasteiger partial charge in [-0.15, -0.1) is 4.99 Å². The first kappa shape index (κ1) is 15.0. The van der Waals surface area contributed by atoms with Crippen molar-refractivity contribution in [2.24, 2.45) is 4.99 Å². The molecule has 1 rings (SSSR count). The SMILES string of the molecule is CCCO/C(=N\C#N)c1ccc(N(CC)CC)nc1. The van der Waals surface area contributed by atoms with Crippen LogP contribution in [0, 0.1) is 11.5 Å². The van der Waals surface area contributed by atoms with Crippen LogP contribution in [0.5, 0.6) is 0 Å². The molecule has 19 heavy (non-hydrogen) atoms. The van der Waals surface area contributed by atoms with Crippen LogP contribution in [0.4, 0.5) is 5.82 Å². The predicted molar refractivity (Wildman–Crippen MR) is 76.2 cm³/mol. The smallest absolute Gasteiger partial charge is 0.233 e. The van der Waals surface area contributed by atoms with Crippen LogP contribution in [-0.2, 0) is 4.74 Å². The highest BCUT2D eigenvalue weighted by atomic mass is 16.5. The van der Waals surface area contributed by atoms with Crippen molar-refractivity contribution in [3.05, 3.63) is 23.9 Å². The topological polar surface area (TPSA) is 61.5 Å². The molecule has 0 atom stereocenters. The van der Waals surface area contributed by atoms with Crippen LogP contribution >= 0.6 is 0 Å². The summed E-state index contributed by atoms with van der Waals surface area (Å²) in [5.74, 6) is 1.25. The molecule has 0 saturated carbocycles. The normalized spacial score (nSPS) is 10.9. The zero-order valence-corrected chi connectivity index (χ0v) is 11.8. The summed E-state index contributed by atoms with van der Waals surface area (Å²) < 4.78 is 5.44. The monoisotopic (exact) mass is 260 g/mol. The van der Waals surface area contributed by atoms with E-state index in [1.165, 1.54) is 0 Å². The van der Waals surface area contributed by atoms with E-state index < -0.39 is 0 Å². The summed E-state index contributed by atoms with van der Waals surface area (Å²) in [5.41, 5.74) is 0.728. The molecule has 0 fully saturated rings. The first-order valence-electron chi connectivity index (χ1n) is 6.57. The fourth-order valence-electron chi connectivity index (χ4n) is 1.67. The lowest BCUT2D eigenvalue weighted by molar-refractivity contribution is 0.306. The molecule has 102 valence electrons. The fourth-order valence-corrected chi connectivity index (χ4v) is 1.67. The second kappa shape index (κ2) is 8.09. The van der Waals surface area contributed by atoms with E-state index in [1.54, 1.807) is 12.4 Å². The Balaban J connectivity index is 2.89. The van der Waals surface area contributed by atoms with Gasteiger partial charge in [0.05, 0.1) is 12.2 Å². The van der Waals surface area contributed by atoms with Gasteiger partial charge in [0, 0.05) is 19.3 Å². The molecule has 0 N–H and O–H groups in total. The molecule has 0 amide bonds. The molecule has 1 aromatic rings. The number of pyridine rings is 1. The molecule has 0 aliphatic heterocycles. The minimum Gasteiger partial charge on any atom is -0.477 e. The van der Waals surface area contributed by atoms with Crippen molar-refractivity contribution in [2.75, 3.05) is 24.6 Å². The molecule has 0 aliphatic rings. The minimum atomic E-state index is 0.336. The van der Waals surface area contributed by atoms with E-state index >= 15 is 0 Å². The second-order valence-corrected chi connectivity index (χ2v) is 3.94. The molecule has 0 saturated heterocycles. The van der Waals surface area contributed by atoms with Crippen LogP contribution in [0.3, 0.4) is 0 Å². The first-order chi connectivity index (χ1) is 9.26. The molecule has 0 aromatic carbocycles. The van der Waals surface area contributed by atoms with Crippen molar-refractivity contribution in [2.45, 2.75) is 27.2 Å². The highest BCUT2D eigenvalue weighted by Gasteiger charge is 2.08. The van der Waals surface area contributed by atoms with E-state index in [4.69, 9.17) is 10.00 Å². The average Bonchev–Trinajstić information content (AvgIpc) is 2.45. The molecule has 0 aliphatic carbocycles. The Hall–Kier alpha value is -2.09. The lowest BCUT2D eigenvalue weighted by Crippen LogP contribution is -2.23. The van der Waals surface area contributed by atoms with Gasteiger partial charge >= 0.3 is 0 Å². The number of aliphatic imine (C=N–C) groups is 1. The zero-order chi connectivity index (χ0) is 14.1. The van der Waals surface area contributed by atoms with Gasteiger partial charge in [0.2, 0.25) is 12.1 Å². The van der Waals surface area contributed by atoms with E-state index in [9.17, 15) is 0 Å². The number of aromatic nitrogens is 1. The van der Waals surface area contributed by atoms with Gasteiger partial charge in [-0.3, -0.25) is 0 Å². The Labute approximate surface area is 114 Å². The van der Waals surface area contributed by atoms with Gasteiger partial charge in [-0.2, -0.15) is 5.26 Å².